The van der Waals surface area contributed by atoms with Gasteiger partial charge < -0.3 is 4.57 Å². The van der Waals surface area contributed by atoms with Crippen LogP contribution in [-0.4, -0.2) is 4.57 Å². The molecule has 8 rings (SSSR count). The largest absolute Gasteiger partial charge is 0.309 e. The van der Waals surface area contributed by atoms with E-state index in [2.05, 4.69) is 190 Å². The molecule has 0 spiro atoms. The summed E-state index contributed by atoms with van der Waals surface area (Å²) in [5, 5.41) is 2.50. The summed E-state index contributed by atoms with van der Waals surface area (Å²) in [6, 6.07) is 61.2. The van der Waals surface area contributed by atoms with Gasteiger partial charge in [0, 0.05) is 20.8 Å². The third kappa shape index (κ3) is 4.56. The zero-order chi connectivity index (χ0) is 29.5. The molecule has 0 aliphatic carbocycles. The molecule has 7 aromatic carbocycles. The minimum atomic E-state index is 1.08. The Morgan fingerprint density at radius 1 is 0.341 bits per heavy atom. The van der Waals surface area contributed by atoms with Crippen molar-refractivity contribution in [1.29, 1.82) is 0 Å². The van der Waals surface area contributed by atoms with Gasteiger partial charge in [-0.25, -0.2) is 0 Å². The molecule has 0 unspecified atom stereocenters. The van der Waals surface area contributed by atoms with Gasteiger partial charge in [0.25, 0.3) is 0 Å². The van der Waals surface area contributed by atoms with Crippen LogP contribution in [0, 0.1) is 0 Å². The number of hydrogen-bond acceptors (Lipinski definition) is 0. The summed E-state index contributed by atoms with van der Waals surface area (Å²) in [6.07, 6.45) is 0. The second kappa shape index (κ2) is 11.1. The van der Waals surface area contributed by atoms with Crippen molar-refractivity contribution in [2.45, 2.75) is 0 Å². The topological polar surface area (TPSA) is 4.93 Å². The molecule has 0 atom stereocenters. The van der Waals surface area contributed by atoms with Crippen molar-refractivity contribution >= 4 is 37.7 Å². The molecule has 0 N–H and O–H groups in total. The summed E-state index contributed by atoms with van der Waals surface area (Å²) < 4.78 is 3.53. The second-order valence-corrected chi connectivity index (χ2v) is 12.0. The molecule has 0 aliphatic rings. The molecule has 0 saturated heterocycles. The maximum Gasteiger partial charge on any atom is 0.0547 e. The van der Waals surface area contributed by atoms with Gasteiger partial charge >= 0.3 is 0 Å². The zero-order valence-corrected chi connectivity index (χ0v) is 25.6. The van der Waals surface area contributed by atoms with Crippen LogP contribution in [0.25, 0.3) is 72.0 Å². The lowest BCUT2D eigenvalue weighted by Crippen LogP contribution is -1.98. The highest BCUT2D eigenvalue weighted by atomic mass is 79.9. The van der Waals surface area contributed by atoms with Crippen LogP contribution in [0.3, 0.4) is 0 Å². The number of rotatable bonds is 5. The van der Waals surface area contributed by atoms with Crippen LogP contribution in [0.15, 0.2) is 174 Å². The van der Waals surface area contributed by atoms with E-state index in [9.17, 15) is 0 Å². The molecule has 0 aliphatic heterocycles. The Labute approximate surface area is 265 Å². The Balaban J connectivity index is 1.38. The zero-order valence-electron chi connectivity index (χ0n) is 24.0. The van der Waals surface area contributed by atoms with E-state index in [1.807, 2.05) is 0 Å². The fraction of sp³-hybridized carbons (Fsp3) is 0. The Hall–Kier alpha value is -5.18. The lowest BCUT2D eigenvalue weighted by Gasteiger charge is -2.17. The van der Waals surface area contributed by atoms with Crippen molar-refractivity contribution in [2.24, 2.45) is 0 Å². The van der Waals surface area contributed by atoms with E-state index in [1.165, 1.54) is 72.0 Å². The molecule has 8 aromatic rings. The molecule has 2 heteroatoms. The fourth-order valence-electron chi connectivity index (χ4n) is 6.50. The summed E-state index contributed by atoms with van der Waals surface area (Å²) in [4.78, 5) is 0. The van der Waals surface area contributed by atoms with Gasteiger partial charge in [-0.1, -0.05) is 155 Å². The quantitative estimate of drug-likeness (QED) is 0.179. The molecule has 1 heterocycles. The minimum Gasteiger partial charge on any atom is -0.309 e. The van der Waals surface area contributed by atoms with Crippen molar-refractivity contribution in [2.75, 3.05) is 0 Å². The Morgan fingerprint density at radius 3 is 1.59 bits per heavy atom. The molecule has 0 bridgehead atoms. The second-order valence-electron chi connectivity index (χ2n) is 11.1. The van der Waals surface area contributed by atoms with Crippen LogP contribution in [0.5, 0.6) is 0 Å². The number of benzene rings is 7. The molecular formula is C42H28BrN. The van der Waals surface area contributed by atoms with E-state index in [0.29, 0.717) is 0 Å². The molecule has 1 nitrogen and oxygen atoms in total. The van der Waals surface area contributed by atoms with E-state index < -0.39 is 0 Å². The van der Waals surface area contributed by atoms with E-state index in [-0.39, 0.29) is 0 Å². The van der Waals surface area contributed by atoms with Crippen molar-refractivity contribution in [1.82, 2.24) is 4.57 Å². The van der Waals surface area contributed by atoms with Crippen LogP contribution in [0.2, 0.25) is 0 Å². The van der Waals surface area contributed by atoms with Crippen molar-refractivity contribution in [3.05, 3.63) is 174 Å². The predicted octanol–water partition coefficient (Wildman–Crippen LogP) is 12.2. The monoisotopic (exact) mass is 625 g/mol. The number of nitrogens with zero attached hydrogens (tertiary/aromatic N) is 1. The fourth-order valence-corrected chi connectivity index (χ4v) is 6.76. The van der Waals surface area contributed by atoms with Crippen LogP contribution in [0.4, 0.5) is 0 Å². The van der Waals surface area contributed by atoms with E-state index in [1.54, 1.807) is 0 Å². The molecule has 44 heavy (non-hydrogen) atoms. The van der Waals surface area contributed by atoms with Gasteiger partial charge in [-0.15, -0.1) is 0 Å². The molecule has 0 fully saturated rings. The van der Waals surface area contributed by atoms with Gasteiger partial charge in [-0.2, -0.15) is 0 Å². The Morgan fingerprint density at radius 2 is 0.841 bits per heavy atom. The molecule has 0 saturated carbocycles. The predicted molar refractivity (Wildman–Crippen MR) is 190 cm³/mol. The summed E-state index contributed by atoms with van der Waals surface area (Å²) >= 11 is 3.59. The molecular weight excluding hydrogens is 598 g/mol. The SMILES string of the molecule is Brc1ccc(-c2ccccc2-c2ccc3c4ccccc4n(-c4ccccc4-c4ccccc4-c4ccccc4)c3c2)cc1. The van der Waals surface area contributed by atoms with E-state index in [0.717, 1.165) is 4.47 Å². The number of hydrogen-bond donors (Lipinski definition) is 0. The third-order valence-electron chi connectivity index (χ3n) is 8.51. The highest BCUT2D eigenvalue weighted by Crippen LogP contribution is 2.41. The first kappa shape index (κ1) is 26.4. The molecule has 0 radical (unpaired) electrons. The van der Waals surface area contributed by atoms with Gasteiger partial charge in [0.2, 0.25) is 0 Å². The standard InChI is InChI=1S/C42H28BrN/c43-32-25-22-30(23-26-32)33-14-4-5-16-35(33)31-24-27-39-38-19-9-11-21-41(38)44(42(39)28-31)40-20-10-8-18-37(40)36-17-7-6-15-34(36)29-12-2-1-3-13-29/h1-28H. The maximum absolute atomic E-state index is 3.59. The minimum absolute atomic E-state index is 1.08. The lowest BCUT2D eigenvalue weighted by atomic mass is 9.93. The maximum atomic E-state index is 3.59. The van der Waals surface area contributed by atoms with Gasteiger partial charge in [0.05, 0.1) is 16.7 Å². The Bertz CT molecular complexity index is 2280. The van der Waals surface area contributed by atoms with Crippen LogP contribution < -0.4 is 0 Å². The summed E-state index contributed by atoms with van der Waals surface area (Å²) in [7, 11) is 0. The first-order valence-corrected chi connectivity index (χ1v) is 15.7. The highest BCUT2D eigenvalue weighted by molar-refractivity contribution is 9.10. The average molecular weight is 627 g/mol. The normalized spacial score (nSPS) is 11.3. The third-order valence-corrected chi connectivity index (χ3v) is 9.04. The smallest absolute Gasteiger partial charge is 0.0547 e. The number of aromatic nitrogens is 1. The average Bonchev–Trinajstić information content (AvgIpc) is 3.42. The summed E-state index contributed by atoms with van der Waals surface area (Å²) in [5.41, 5.74) is 13.3. The lowest BCUT2D eigenvalue weighted by molar-refractivity contribution is 1.18. The van der Waals surface area contributed by atoms with Gasteiger partial charge in [-0.3, -0.25) is 0 Å². The first-order valence-electron chi connectivity index (χ1n) is 14.9. The Kier molecular flexibility index (Phi) is 6.70. The van der Waals surface area contributed by atoms with Crippen molar-refractivity contribution < 1.29 is 0 Å². The van der Waals surface area contributed by atoms with Crippen molar-refractivity contribution in [3.8, 4) is 50.2 Å². The number of para-hydroxylation sites is 2. The molecule has 208 valence electrons. The number of fused-ring (bicyclic) bond motifs is 3. The first-order chi connectivity index (χ1) is 21.8. The van der Waals surface area contributed by atoms with Gasteiger partial charge in [0.15, 0.2) is 0 Å². The van der Waals surface area contributed by atoms with Gasteiger partial charge in [-0.05, 0) is 69.3 Å². The molecule has 1 aromatic heterocycles. The van der Waals surface area contributed by atoms with E-state index >= 15 is 0 Å². The highest BCUT2D eigenvalue weighted by Gasteiger charge is 2.18. The van der Waals surface area contributed by atoms with Gasteiger partial charge in [0.1, 0.15) is 0 Å². The molecule has 0 amide bonds. The summed E-state index contributed by atoms with van der Waals surface area (Å²) in [6.45, 7) is 0. The number of halogens is 1. The van der Waals surface area contributed by atoms with Crippen LogP contribution in [-0.2, 0) is 0 Å². The van der Waals surface area contributed by atoms with E-state index in [4.69, 9.17) is 0 Å². The summed E-state index contributed by atoms with van der Waals surface area (Å²) in [5.74, 6) is 0. The van der Waals surface area contributed by atoms with Crippen LogP contribution in [0.1, 0.15) is 0 Å². The van der Waals surface area contributed by atoms with Crippen LogP contribution >= 0.6 is 15.9 Å². The van der Waals surface area contributed by atoms with Crippen molar-refractivity contribution in [3.63, 3.8) is 0 Å².